The van der Waals surface area contributed by atoms with Crippen molar-refractivity contribution >= 4 is 45.3 Å². The topological polar surface area (TPSA) is 79.6 Å². The van der Waals surface area contributed by atoms with E-state index in [1.54, 1.807) is 13.0 Å². The number of carbonyl (C=O) groups excluding carboxylic acids is 3. The van der Waals surface area contributed by atoms with Gasteiger partial charge in [-0.3, -0.25) is 19.3 Å². The number of likely N-dealkylation sites (tertiary alicyclic amines) is 1. The van der Waals surface area contributed by atoms with Crippen molar-refractivity contribution in [2.45, 2.75) is 19.4 Å². The molecule has 3 amide bonds. The minimum Gasteiger partial charge on any atom is -0.456 e. The lowest BCUT2D eigenvalue weighted by molar-refractivity contribution is -0.146. The molecule has 4 aliphatic carbocycles. The average molecular weight is 426 g/mol. The number of fused-ring (bicyclic) bond motifs is 3. The van der Waals surface area contributed by atoms with E-state index in [1.165, 1.54) is 4.90 Å². The van der Waals surface area contributed by atoms with Crippen LogP contribution in [0.2, 0.25) is 0 Å². The molecule has 32 heavy (non-hydrogen) atoms. The average Bonchev–Trinajstić information content (AvgIpc) is 3.49. The van der Waals surface area contributed by atoms with Crippen LogP contribution in [-0.4, -0.2) is 28.7 Å². The fraction of sp³-hybridized carbons (Fsp3) is 0.346. The van der Waals surface area contributed by atoms with Crippen LogP contribution in [0, 0.1) is 35.5 Å². The second kappa shape index (κ2) is 6.09. The minimum atomic E-state index is -0.859. The monoisotopic (exact) mass is 426 g/mol. The lowest BCUT2D eigenvalue weighted by atomic mass is 9.63. The summed E-state index contributed by atoms with van der Waals surface area (Å²) in [5, 5.41) is 4.87. The molecule has 2 bridgehead atoms. The first-order chi connectivity index (χ1) is 15.5. The molecule has 1 aliphatic heterocycles. The van der Waals surface area contributed by atoms with Gasteiger partial charge in [-0.1, -0.05) is 30.4 Å². The summed E-state index contributed by atoms with van der Waals surface area (Å²) >= 11 is 0. The molecule has 1 N–H and O–H groups in total. The molecule has 3 fully saturated rings. The zero-order chi connectivity index (χ0) is 21.7. The van der Waals surface area contributed by atoms with E-state index in [9.17, 15) is 14.4 Å². The van der Waals surface area contributed by atoms with Gasteiger partial charge in [-0.05, 0) is 55.2 Å². The maximum Gasteiger partial charge on any atom is 0.247 e. The Kier molecular flexibility index (Phi) is 3.46. The standard InChI is InChI=1S/C26H22N2O4/c1-12(28-25(30)22-16-8-9-17(19-11-18(16)19)23(22)26(28)31)24(29)27-13-6-7-15-14-4-2-3-5-20(14)32-21(15)10-13/h2-10,12,16-19,22-23H,11H2,1H3,(H,27,29)/t12-,16+,17+,18+,19+,22-,23+/m1/s1. The second-order valence-corrected chi connectivity index (χ2v) is 9.68. The lowest BCUT2D eigenvalue weighted by Gasteiger charge is -2.37. The van der Waals surface area contributed by atoms with Crippen LogP contribution >= 0.6 is 0 Å². The van der Waals surface area contributed by atoms with Crippen LogP contribution in [0.25, 0.3) is 21.9 Å². The van der Waals surface area contributed by atoms with E-state index in [1.807, 2.05) is 36.4 Å². The molecule has 0 spiro atoms. The lowest BCUT2D eigenvalue weighted by Crippen LogP contribution is -2.46. The van der Waals surface area contributed by atoms with E-state index >= 15 is 0 Å². The molecule has 0 unspecified atom stereocenters. The Morgan fingerprint density at radius 3 is 2.34 bits per heavy atom. The van der Waals surface area contributed by atoms with Gasteiger partial charge in [-0.2, -0.15) is 0 Å². The Balaban J connectivity index is 1.15. The van der Waals surface area contributed by atoms with Crippen LogP contribution in [0.5, 0.6) is 0 Å². The molecule has 8 rings (SSSR count). The Morgan fingerprint density at radius 2 is 1.62 bits per heavy atom. The maximum atomic E-state index is 13.3. The van der Waals surface area contributed by atoms with E-state index in [0.717, 1.165) is 22.8 Å². The molecule has 6 nitrogen and oxygen atoms in total. The number of allylic oxidation sites excluding steroid dienone is 2. The van der Waals surface area contributed by atoms with Gasteiger partial charge in [-0.25, -0.2) is 0 Å². The van der Waals surface area contributed by atoms with E-state index in [4.69, 9.17) is 4.42 Å². The fourth-order valence-corrected chi connectivity index (χ4v) is 6.53. The van der Waals surface area contributed by atoms with E-state index in [2.05, 4.69) is 17.5 Å². The van der Waals surface area contributed by atoms with Crippen molar-refractivity contribution in [2.24, 2.45) is 35.5 Å². The number of anilines is 1. The van der Waals surface area contributed by atoms with Crippen LogP contribution in [0.1, 0.15) is 13.3 Å². The Hall–Kier alpha value is -3.41. The van der Waals surface area contributed by atoms with Crippen molar-refractivity contribution in [1.82, 2.24) is 4.90 Å². The summed E-state index contributed by atoms with van der Waals surface area (Å²) < 4.78 is 5.90. The van der Waals surface area contributed by atoms with E-state index < -0.39 is 6.04 Å². The number of benzene rings is 2. The number of carbonyl (C=O) groups is 3. The third-order valence-electron chi connectivity index (χ3n) is 8.11. The smallest absolute Gasteiger partial charge is 0.247 e. The summed E-state index contributed by atoms with van der Waals surface area (Å²) in [7, 11) is 0. The summed E-state index contributed by atoms with van der Waals surface area (Å²) in [4.78, 5) is 40.8. The minimum absolute atomic E-state index is 0.155. The number of furan rings is 1. The van der Waals surface area contributed by atoms with Crippen molar-refractivity contribution < 1.29 is 18.8 Å². The number of nitrogens with zero attached hydrogens (tertiary/aromatic N) is 1. The van der Waals surface area contributed by atoms with Crippen molar-refractivity contribution in [3.8, 4) is 0 Å². The molecule has 0 radical (unpaired) electrons. The highest BCUT2D eigenvalue weighted by molar-refractivity contribution is 6.11. The summed E-state index contributed by atoms with van der Waals surface area (Å²) in [5.41, 5.74) is 2.04. The van der Waals surface area contributed by atoms with Crippen LogP contribution < -0.4 is 5.32 Å². The maximum absolute atomic E-state index is 13.3. The van der Waals surface area contributed by atoms with Gasteiger partial charge in [0.15, 0.2) is 0 Å². The summed E-state index contributed by atoms with van der Waals surface area (Å²) in [5.74, 6) is 0.0906. The van der Waals surface area contributed by atoms with Crippen LogP contribution in [0.3, 0.4) is 0 Å². The number of rotatable bonds is 3. The predicted octanol–water partition coefficient (Wildman–Crippen LogP) is 3.97. The number of hydrogen-bond acceptors (Lipinski definition) is 4. The van der Waals surface area contributed by atoms with Gasteiger partial charge in [-0.15, -0.1) is 0 Å². The SMILES string of the molecule is C[C@H](C(=O)Nc1ccc2c(c1)oc1ccccc12)N1C(=O)[C@@H]2[C@H]3C=C[C@@H]([C@@H]4C[C@@H]34)[C@@H]2C1=O. The molecule has 1 aromatic heterocycles. The Labute approximate surface area is 184 Å². The largest absolute Gasteiger partial charge is 0.456 e. The molecule has 2 heterocycles. The van der Waals surface area contributed by atoms with Crippen molar-refractivity contribution in [2.75, 3.05) is 5.32 Å². The van der Waals surface area contributed by atoms with Crippen molar-refractivity contribution in [3.63, 3.8) is 0 Å². The first kappa shape index (κ1) is 18.2. The van der Waals surface area contributed by atoms with E-state index in [0.29, 0.717) is 23.1 Å². The van der Waals surface area contributed by atoms with Crippen LogP contribution in [-0.2, 0) is 14.4 Å². The van der Waals surface area contributed by atoms with Gasteiger partial charge >= 0.3 is 0 Å². The number of hydrogen-bond donors (Lipinski definition) is 1. The van der Waals surface area contributed by atoms with Gasteiger partial charge in [0.2, 0.25) is 17.7 Å². The van der Waals surface area contributed by atoms with Crippen molar-refractivity contribution in [3.05, 3.63) is 54.6 Å². The molecule has 7 atom stereocenters. The summed E-state index contributed by atoms with van der Waals surface area (Å²) in [6.45, 7) is 1.64. The number of amides is 3. The zero-order valence-corrected chi connectivity index (χ0v) is 17.5. The van der Waals surface area contributed by atoms with Crippen molar-refractivity contribution in [1.29, 1.82) is 0 Å². The molecule has 3 aromatic rings. The number of para-hydroxylation sites is 1. The highest BCUT2D eigenvalue weighted by Crippen LogP contribution is 2.65. The molecule has 5 aliphatic rings. The Morgan fingerprint density at radius 1 is 0.969 bits per heavy atom. The molecule has 2 saturated carbocycles. The zero-order valence-electron chi connectivity index (χ0n) is 17.5. The number of nitrogens with one attached hydrogen (secondary N) is 1. The molecular weight excluding hydrogens is 404 g/mol. The first-order valence-corrected chi connectivity index (χ1v) is 11.3. The molecule has 1 saturated heterocycles. The van der Waals surface area contributed by atoms with Crippen LogP contribution in [0.15, 0.2) is 59.0 Å². The van der Waals surface area contributed by atoms with Gasteiger partial charge in [0, 0.05) is 22.5 Å². The second-order valence-electron chi connectivity index (χ2n) is 9.68. The molecule has 2 aromatic carbocycles. The molecular formula is C26H22N2O4. The summed E-state index contributed by atoms with van der Waals surface area (Å²) in [6, 6.07) is 12.4. The van der Waals surface area contributed by atoms with Crippen LogP contribution in [0.4, 0.5) is 5.69 Å². The van der Waals surface area contributed by atoms with E-state index in [-0.39, 0.29) is 41.4 Å². The van der Waals surface area contributed by atoms with Gasteiger partial charge in [0.1, 0.15) is 17.2 Å². The highest BCUT2D eigenvalue weighted by atomic mass is 16.3. The van der Waals surface area contributed by atoms with Gasteiger partial charge < -0.3 is 9.73 Å². The number of imide groups is 1. The fourth-order valence-electron chi connectivity index (χ4n) is 6.53. The molecule has 6 heteroatoms. The Bertz CT molecular complexity index is 1330. The molecule has 160 valence electrons. The normalized spacial score (nSPS) is 33.0. The third-order valence-corrected chi connectivity index (χ3v) is 8.11. The van der Waals surface area contributed by atoms with Gasteiger partial charge in [0.25, 0.3) is 0 Å². The quantitative estimate of drug-likeness (QED) is 0.508. The third kappa shape index (κ3) is 2.27. The first-order valence-electron chi connectivity index (χ1n) is 11.3. The highest BCUT2D eigenvalue weighted by Gasteiger charge is 2.67. The predicted molar refractivity (Wildman–Crippen MR) is 118 cm³/mol. The summed E-state index contributed by atoms with van der Waals surface area (Å²) in [6.07, 6.45) is 5.40. The van der Waals surface area contributed by atoms with Gasteiger partial charge in [0.05, 0.1) is 11.8 Å².